The largest absolute Gasteiger partial charge is 0.323 e. The Labute approximate surface area is 140 Å². The molecule has 0 unspecified atom stereocenters. The zero-order chi connectivity index (χ0) is 17.8. The highest BCUT2D eigenvalue weighted by Gasteiger charge is 2.11. The number of carbonyl (C=O) groups excluding carboxylic acids is 1. The summed E-state index contributed by atoms with van der Waals surface area (Å²) in [6.07, 6.45) is 0. The molecule has 3 N–H and O–H groups in total. The SMILES string of the molecule is O=C(Nc1ccc(F)cc1F)Nc1ccccc1-c1ccc(=O)[nH]n1. The van der Waals surface area contributed by atoms with Crippen LogP contribution in [0.3, 0.4) is 0 Å². The van der Waals surface area contributed by atoms with Gasteiger partial charge in [0.15, 0.2) is 0 Å². The third kappa shape index (κ3) is 3.86. The number of aromatic nitrogens is 2. The predicted octanol–water partition coefficient (Wildman–Crippen LogP) is 3.36. The van der Waals surface area contributed by atoms with E-state index < -0.39 is 17.7 Å². The summed E-state index contributed by atoms with van der Waals surface area (Å²) in [6, 6.07) is 11.7. The number of nitrogens with one attached hydrogen (secondary N) is 3. The Morgan fingerprint density at radius 2 is 1.72 bits per heavy atom. The van der Waals surface area contributed by atoms with E-state index >= 15 is 0 Å². The smallest absolute Gasteiger partial charge is 0.307 e. The standard InChI is InChI=1S/C17H12F2N4O2/c18-10-5-6-15(12(19)9-10)21-17(25)20-13-4-2-1-3-11(13)14-7-8-16(24)23-22-14/h1-9H,(H,23,24)(H2,20,21,25). The molecule has 0 aliphatic rings. The molecule has 1 aromatic heterocycles. The Bertz CT molecular complexity index is 968. The first-order valence-electron chi connectivity index (χ1n) is 7.21. The number of hydrogen-bond acceptors (Lipinski definition) is 3. The van der Waals surface area contributed by atoms with Crippen molar-refractivity contribution in [3.05, 3.63) is 76.6 Å². The second kappa shape index (κ2) is 6.91. The van der Waals surface area contributed by atoms with Gasteiger partial charge in [0.2, 0.25) is 0 Å². The van der Waals surface area contributed by atoms with E-state index in [1.54, 1.807) is 24.3 Å². The third-order valence-corrected chi connectivity index (χ3v) is 3.31. The molecular weight excluding hydrogens is 330 g/mol. The van der Waals surface area contributed by atoms with Crippen molar-refractivity contribution < 1.29 is 13.6 Å². The summed E-state index contributed by atoms with van der Waals surface area (Å²) in [5, 5.41) is 11.1. The van der Waals surface area contributed by atoms with Crippen LogP contribution in [0.5, 0.6) is 0 Å². The average Bonchev–Trinajstić information content (AvgIpc) is 2.59. The Kier molecular flexibility index (Phi) is 4.51. The molecule has 1 heterocycles. The second-order valence-electron chi connectivity index (χ2n) is 5.06. The first-order chi connectivity index (χ1) is 12.0. The van der Waals surface area contributed by atoms with Gasteiger partial charge in [-0.1, -0.05) is 18.2 Å². The van der Waals surface area contributed by atoms with Crippen molar-refractivity contribution in [1.29, 1.82) is 0 Å². The Balaban J connectivity index is 1.82. The van der Waals surface area contributed by atoms with Crippen LogP contribution < -0.4 is 16.2 Å². The number of amides is 2. The number of urea groups is 1. The van der Waals surface area contributed by atoms with Crippen LogP contribution in [0.15, 0.2) is 59.4 Å². The van der Waals surface area contributed by atoms with Gasteiger partial charge < -0.3 is 10.6 Å². The molecule has 0 atom stereocenters. The van der Waals surface area contributed by atoms with Crippen molar-refractivity contribution >= 4 is 17.4 Å². The molecular formula is C17H12F2N4O2. The highest BCUT2D eigenvalue weighted by atomic mass is 19.1. The van der Waals surface area contributed by atoms with E-state index in [9.17, 15) is 18.4 Å². The Morgan fingerprint density at radius 3 is 2.44 bits per heavy atom. The summed E-state index contributed by atoms with van der Waals surface area (Å²) in [5.74, 6) is -1.62. The van der Waals surface area contributed by atoms with Gasteiger partial charge in [0.1, 0.15) is 11.6 Å². The molecule has 2 amide bonds. The first kappa shape index (κ1) is 16.3. The number of carbonyl (C=O) groups is 1. The maximum atomic E-state index is 13.6. The molecule has 3 aromatic rings. The van der Waals surface area contributed by atoms with Crippen LogP contribution in [-0.2, 0) is 0 Å². The van der Waals surface area contributed by atoms with Crippen molar-refractivity contribution in [3.63, 3.8) is 0 Å². The van der Waals surface area contributed by atoms with E-state index in [2.05, 4.69) is 20.8 Å². The van der Waals surface area contributed by atoms with Crippen LogP contribution in [0, 0.1) is 11.6 Å². The lowest BCUT2D eigenvalue weighted by Crippen LogP contribution is -2.20. The van der Waals surface area contributed by atoms with Gasteiger partial charge >= 0.3 is 6.03 Å². The number of halogens is 2. The lowest BCUT2D eigenvalue weighted by Gasteiger charge is -2.12. The summed E-state index contributed by atoms with van der Waals surface area (Å²) < 4.78 is 26.5. The first-order valence-corrected chi connectivity index (χ1v) is 7.21. The van der Waals surface area contributed by atoms with Gasteiger partial charge in [0.05, 0.1) is 17.1 Å². The topological polar surface area (TPSA) is 86.9 Å². The van der Waals surface area contributed by atoms with Gasteiger partial charge in [-0.25, -0.2) is 18.7 Å². The number of aromatic amines is 1. The van der Waals surface area contributed by atoms with Crippen LogP contribution >= 0.6 is 0 Å². The molecule has 0 aliphatic heterocycles. The molecule has 0 bridgehead atoms. The van der Waals surface area contributed by atoms with Crippen LogP contribution in [0.25, 0.3) is 11.3 Å². The van der Waals surface area contributed by atoms with Gasteiger partial charge in [-0.3, -0.25) is 4.79 Å². The van der Waals surface area contributed by atoms with Gasteiger partial charge in [0, 0.05) is 17.7 Å². The van der Waals surface area contributed by atoms with E-state index in [-0.39, 0.29) is 11.2 Å². The summed E-state index contributed by atoms with van der Waals surface area (Å²) >= 11 is 0. The number of benzene rings is 2. The lowest BCUT2D eigenvalue weighted by molar-refractivity contribution is 0.262. The molecule has 0 spiro atoms. The lowest BCUT2D eigenvalue weighted by atomic mass is 10.1. The maximum absolute atomic E-state index is 13.6. The van der Waals surface area contributed by atoms with Crippen molar-refractivity contribution in [1.82, 2.24) is 10.2 Å². The van der Waals surface area contributed by atoms with Crippen molar-refractivity contribution in [2.45, 2.75) is 0 Å². The number of H-pyrrole nitrogens is 1. The number of nitrogens with zero attached hydrogens (tertiary/aromatic N) is 1. The second-order valence-corrected chi connectivity index (χ2v) is 5.06. The minimum absolute atomic E-state index is 0.154. The molecule has 3 rings (SSSR count). The Hall–Kier alpha value is -3.55. The number of para-hydroxylation sites is 1. The van der Waals surface area contributed by atoms with Gasteiger partial charge in [-0.15, -0.1) is 0 Å². The normalized spacial score (nSPS) is 10.3. The zero-order valence-electron chi connectivity index (χ0n) is 12.7. The van der Waals surface area contributed by atoms with Crippen LogP contribution in [0.4, 0.5) is 25.0 Å². The summed E-state index contributed by atoms with van der Waals surface area (Å²) in [5.41, 5.74) is 0.913. The molecule has 0 fully saturated rings. The van der Waals surface area contributed by atoms with Crippen molar-refractivity contribution in [3.8, 4) is 11.3 Å². The Morgan fingerprint density at radius 1 is 0.960 bits per heavy atom. The number of rotatable bonds is 3. The van der Waals surface area contributed by atoms with Gasteiger partial charge in [-0.05, 0) is 24.3 Å². The minimum Gasteiger partial charge on any atom is -0.307 e. The molecule has 0 saturated carbocycles. The maximum Gasteiger partial charge on any atom is 0.323 e. The summed E-state index contributed by atoms with van der Waals surface area (Å²) in [6.45, 7) is 0. The van der Waals surface area contributed by atoms with E-state index in [4.69, 9.17) is 0 Å². The molecule has 6 nitrogen and oxygen atoms in total. The summed E-state index contributed by atoms with van der Waals surface area (Å²) in [4.78, 5) is 23.2. The van der Waals surface area contributed by atoms with Gasteiger partial charge in [0.25, 0.3) is 5.56 Å². The fraction of sp³-hybridized carbons (Fsp3) is 0. The molecule has 2 aromatic carbocycles. The van der Waals surface area contributed by atoms with Gasteiger partial charge in [-0.2, -0.15) is 5.10 Å². The fourth-order valence-corrected chi connectivity index (χ4v) is 2.18. The quantitative estimate of drug-likeness (QED) is 0.682. The van der Waals surface area contributed by atoms with E-state index in [1.165, 1.54) is 12.1 Å². The van der Waals surface area contributed by atoms with Crippen molar-refractivity contribution in [2.75, 3.05) is 10.6 Å². The fourth-order valence-electron chi connectivity index (χ4n) is 2.18. The van der Waals surface area contributed by atoms with E-state index in [0.717, 1.165) is 12.1 Å². The zero-order valence-corrected chi connectivity index (χ0v) is 12.7. The van der Waals surface area contributed by atoms with Crippen molar-refractivity contribution in [2.24, 2.45) is 0 Å². The molecule has 25 heavy (non-hydrogen) atoms. The van der Waals surface area contributed by atoms with Crippen LogP contribution in [0.2, 0.25) is 0 Å². The van der Waals surface area contributed by atoms with E-state index in [0.29, 0.717) is 23.0 Å². The monoisotopic (exact) mass is 342 g/mol. The highest BCUT2D eigenvalue weighted by molar-refractivity contribution is 6.02. The van der Waals surface area contributed by atoms with E-state index in [1.807, 2.05) is 0 Å². The third-order valence-electron chi connectivity index (χ3n) is 3.31. The average molecular weight is 342 g/mol. The molecule has 126 valence electrons. The number of hydrogen-bond donors (Lipinski definition) is 3. The summed E-state index contributed by atoms with van der Waals surface area (Å²) in [7, 11) is 0. The minimum atomic E-state index is -0.884. The molecule has 0 saturated heterocycles. The molecule has 0 aliphatic carbocycles. The predicted molar refractivity (Wildman–Crippen MR) is 89.3 cm³/mol. The molecule has 0 radical (unpaired) electrons. The van der Waals surface area contributed by atoms with Crippen LogP contribution in [-0.4, -0.2) is 16.2 Å². The number of anilines is 2. The molecule has 8 heteroatoms. The highest BCUT2D eigenvalue weighted by Crippen LogP contribution is 2.25. The van der Waals surface area contributed by atoms with Crippen LogP contribution in [0.1, 0.15) is 0 Å².